The number of nitrogens with zero attached hydrogens (tertiary/aromatic N) is 3. The zero-order chi connectivity index (χ0) is 19.7. The largest absolute Gasteiger partial charge is 0.492 e. The molecule has 0 bridgehead atoms. The number of hydrogen-bond acceptors (Lipinski definition) is 6. The van der Waals surface area contributed by atoms with Gasteiger partial charge < -0.3 is 14.5 Å². The van der Waals surface area contributed by atoms with Gasteiger partial charge in [0, 0.05) is 31.1 Å². The first-order valence-electron chi connectivity index (χ1n) is 9.44. The molecule has 0 atom stereocenters. The number of para-hydroxylation sites is 2. The van der Waals surface area contributed by atoms with Crippen molar-refractivity contribution in [3.05, 3.63) is 52.4 Å². The number of hydrogen-bond donors (Lipinski definition) is 0. The molecule has 1 fully saturated rings. The molecule has 3 heterocycles. The van der Waals surface area contributed by atoms with Crippen LogP contribution >= 0.6 is 11.3 Å². The molecule has 1 aromatic heterocycles. The molecule has 146 valence electrons. The van der Waals surface area contributed by atoms with Gasteiger partial charge in [-0.15, -0.1) is 11.3 Å². The van der Waals surface area contributed by atoms with E-state index >= 15 is 0 Å². The van der Waals surface area contributed by atoms with Gasteiger partial charge in [0.1, 0.15) is 11.4 Å². The highest BCUT2D eigenvalue weighted by Gasteiger charge is 2.44. The van der Waals surface area contributed by atoms with Crippen molar-refractivity contribution in [1.82, 2.24) is 9.80 Å². The molecule has 0 aliphatic carbocycles. The summed E-state index contributed by atoms with van der Waals surface area (Å²) in [5.74, 6) is -0.0181. The number of anilines is 1. The Morgan fingerprint density at radius 3 is 2.43 bits per heavy atom. The molecule has 4 rings (SSSR count). The molecule has 0 unspecified atom stereocenters. The van der Waals surface area contributed by atoms with E-state index in [2.05, 4.69) is 16.8 Å². The number of ether oxygens (including phenoxy) is 1. The van der Waals surface area contributed by atoms with Crippen molar-refractivity contribution >= 4 is 34.4 Å². The lowest BCUT2D eigenvalue weighted by Crippen LogP contribution is -2.46. The molecule has 0 N–H and O–H groups in total. The van der Waals surface area contributed by atoms with Gasteiger partial charge in [-0.05, 0) is 37.6 Å². The van der Waals surface area contributed by atoms with Crippen molar-refractivity contribution in [2.24, 2.45) is 0 Å². The third-order valence-corrected chi connectivity index (χ3v) is 5.94. The quantitative estimate of drug-likeness (QED) is 0.726. The number of thiophene rings is 1. The number of amides is 2. The van der Waals surface area contributed by atoms with Gasteiger partial charge in [0.2, 0.25) is 0 Å². The predicted molar refractivity (Wildman–Crippen MR) is 110 cm³/mol. The molecule has 0 radical (unpaired) electrons. The van der Waals surface area contributed by atoms with Crippen LogP contribution in [0.2, 0.25) is 0 Å². The highest BCUT2D eigenvalue weighted by atomic mass is 32.1. The van der Waals surface area contributed by atoms with Crippen LogP contribution in [0.25, 0.3) is 5.57 Å². The standard InChI is InChI=1S/C21H23N3O3S/c1-3-27-16-8-5-4-7-15(16)24-20(25)18(17-9-6-14-28-17)19(21(24)26)23-12-10-22(2)11-13-23/h4-9,14H,3,10-13H2,1-2H3. The Kier molecular flexibility index (Phi) is 5.19. The topological polar surface area (TPSA) is 53.1 Å². The molecule has 6 nitrogen and oxygen atoms in total. The summed E-state index contributed by atoms with van der Waals surface area (Å²) in [6.07, 6.45) is 0. The van der Waals surface area contributed by atoms with E-state index in [4.69, 9.17) is 4.74 Å². The van der Waals surface area contributed by atoms with Crippen molar-refractivity contribution < 1.29 is 14.3 Å². The summed E-state index contributed by atoms with van der Waals surface area (Å²) in [6, 6.07) is 11.0. The van der Waals surface area contributed by atoms with E-state index in [-0.39, 0.29) is 11.8 Å². The zero-order valence-electron chi connectivity index (χ0n) is 16.1. The molecule has 2 aliphatic heterocycles. The molecule has 1 aromatic carbocycles. The maximum Gasteiger partial charge on any atom is 0.282 e. The summed E-state index contributed by atoms with van der Waals surface area (Å²) >= 11 is 1.48. The first-order valence-corrected chi connectivity index (χ1v) is 10.3. The van der Waals surface area contributed by atoms with E-state index in [1.165, 1.54) is 16.2 Å². The molecule has 0 spiro atoms. The molecule has 1 saturated heterocycles. The van der Waals surface area contributed by atoms with Gasteiger partial charge >= 0.3 is 0 Å². The maximum absolute atomic E-state index is 13.5. The average molecular weight is 398 g/mol. The molecule has 28 heavy (non-hydrogen) atoms. The molecule has 7 heteroatoms. The van der Waals surface area contributed by atoms with Crippen molar-refractivity contribution in [2.45, 2.75) is 6.92 Å². The summed E-state index contributed by atoms with van der Waals surface area (Å²) in [5, 5.41) is 1.93. The minimum absolute atomic E-state index is 0.273. The summed E-state index contributed by atoms with van der Waals surface area (Å²) in [5.41, 5.74) is 1.50. The van der Waals surface area contributed by atoms with E-state index in [0.29, 0.717) is 29.3 Å². The van der Waals surface area contributed by atoms with Crippen LogP contribution in [0.4, 0.5) is 5.69 Å². The van der Waals surface area contributed by atoms with Crippen molar-refractivity contribution in [3.63, 3.8) is 0 Å². The molecular weight excluding hydrogens is 374 g/mol. The van der Waals surface area contributed by atoms with Crippen LogP contribution in [-0.4, -0.2) is 61.4 Å². The second kappa shape index (κ2) is 7.77. The van der Waals surface area contributed by atoms with Crippen LogP contribution in [-0.2, 0) is 9.59 Å². The number of carbonyl (C=O) groups is 2. The summed E-state index contributed by atoms with van der Waals surface area (Å²) in [4.78, 5) is 33.3. The van der Waals surface area contributed by atoms with Crippen LogP contribution in [0.1, 0.15) is 11.8 Å². The Bertz CT molecular complexity index is 915. The predicted octanol–water partition coefficient (Wildman–Crippen LogP) is 2.68. The third-order valence-electron chi connectivity index (χ3n) is 5.05. The van der Waals surface area contributed by atoms with Crippen LogP contribution in [0, 0.1) is 0 Å². The molecule has 2 aromatic rings. The van der Waals surface area contributed by atoms with Gasteiger partial charge in [-0.1, -0.05) is 18.2 Å². The van der Waals surface area contributed by atoms with E-state index in [0.717, 1.165) is 31.1 Å². The molecule has 0 saturated carbocycles. The maximum atomic E-state index is 13.5. The van der Waals surface area contributed by atoms with Gasteiger partial charge in [-0.2, -0.15) is 0 Å². The monoisotopic (exact) mass is 397 g/mol. The highest BCUT2D eigenvalue weighted by molar-refractivity contribution is 7.11. The Morgan fingerprint density at radius 2 is 1.75 bits per heavy atom. The fraction of sp³-hybridized carbons (Fsp3) is 0.333. The number of benzene rings is 1. The average Bonchev–Trinajstić information content (AvgIpc) is 3.30. The second-order valence-electron chi connectivity index (χ2n) is 6.84. The highest BCUT2D eigenvalue weighted by Crippen LogP contribution is 2.39. The molecule has 2 aliphatic rings. The van der Waals surface area contributed by atoms with Crippen LogP contribution in [0.3, 0.4) is 0 Å². The van der Waals surface area contributed by atoms with E-state index in [9.17, 15) is 9.59 Å². The lowest BCUT2D eigenvalue weighted by atomic mass is 10.1. The van der Waals surface area contributed by atoms with E-state index in [1.54, 1.807) is 12.1 Å². The van der Waals surface area contributed by atoms with Gasteiger partial charge in [0.05, 0.1) is 17.9 Å². The summed E-state index contributed by atoms with van der Waals surface area (Å²) in [6.45, 7) is 5.51. The lowest BCUT2D eigenvalue weighted by Gasteiger charge is -2.34. The Balaban J connectivity index is 1.78. The van der Waals surface area contributed by atoms with Crippen LogP contribution < -0.4 is 9.64 Å². The number of carbonyl (C=O) groups excluding carboxylic acids is 2. The number of imide groups is 1. The van der Waals surface area contributed by atoms with Crippen LogP contribution in [0.15, 0.2) is 47.5 Å². The minimum Gasteiger partial charge on any atom is -0.492 e. The fourth-order valence-electron chi connectivity index (χ4n) is 3.62. The van der Waals surface area contributed by atoms with E-state index < -0.39 is 0 Å². The van der Waals surface area contributed by atoms with E-state index in [1.807, 2.05) is 36.6 Å². The Morgan fingerprint density at radius 1 is 1.00 bits per heavy atom. The van der Waals surface area contributed by atoms with Crippen molar-refractivity contribution in [3.8, 4) is 5.75 Å². The lowest BCUT2D eigenvalue weighted by molar-refractivity contribution is -0.120. The number of piperazine rings is 1. The number of likely N-dealkylation sites (N-methyl/N-ethyl adjacent to an activating group) is 1. The SMILES string of the molecule is CCOc1ccccc1N1C(=O)C(c2cccs2)=C(N2CCN(C)CC2)C1=O. The third kappa shape index (κ3) is 3.21. The van der Waals surface area contributed by atoms with Gasteiger partial charge in [0.25, 0.3) is 11.8 Å². The van der Waals surface area contributed by atoms with Crippen molar-refractivity contribution in [2.75, 3.05) is 44.7 Å². The van der Waals surface area contributed by atoms with Gasteiger partial charge in [-0.3, -0.25) is 9.59 Å². The molecular formula is C21H23N3O3S. The Labute approximate surface area is 168 Å². The minimum atomic E-state index is -0.284. The Hall–Kier alpha value is -2.64. The zero-order valence-corrected chi connectivity index (χ0v) is 16.9. The molecule has 2 amide bonds. The fourth-order valence-corrected chi connectivity index (χ4v) is 4.39. The van der Waals surface area contributed by atoms with Gasteiger partial charge in [-0.25, -0.2) is 4.90 Å². The number of rotatable bonds is 5. The summed E-state index contributed by atoms with van der Waals surface area (Å²) in [7, 11) is 2.07. The second-order valence-corrected chi connectivity index (χ2v) is 7.79. The van der Waals surface area contributed by atoms with Crippen molar-refractivity contribution in [1.29, 1.82) is 0 Å². The van der Waals surface area contributed by atoms with Gasteiger partial charge in [0.15, 0.2) is 0 Å². The summed E-state index contributed by atoms with van der Waals surface area (Å²) < 4.78 is 5.68. The smallest absolute Gasteiger partial charge is 0.282 e. The normalized spacial score (nSPS) is 18.4. The first kappa shape index (κ1) is 18.7. The van der Waals surface area contributed by atoms with Crippen LogP contribution in [0.5, 0.6) is 5.75 Å². The first-order chi connectivity index (χ1) is 13.6.